The lowest BCUT2D eigenvalue weighted by Crippen LogP contribution is -2.32. The van der Waals surface area contributed by atoms with E-state index in [-0.39, 0.29) is 35.8 Å². The molecule has 1 aromatic carbocycles. The molecule has 0 spiro atoms. The molecule has 2 heterocycles. The van der Waals surface area contributed by atoms with Crippen LogP contribution in [0, 0.1) is 9.39 Å². The number of hydrogen-bond donors (Lipinski definition) is 2. The molecule has 0 aliphatic carbocycles. The maximum atomic E-state index is 13.4. The number of nitrogens with zero attached hydrogens (tertiary/aromatic N) is 2. The fraction of sp³-hybridized carbons (Fsp3) is 0.286. The van der Waals surface area contributed by atoms with Crippen LogP contribution in [0.3, 0.4) is 0 Å². The fourth-order valence-electron chi connectivity index (χ4n) is 3.28. The number of sulfonamides is 1. The number of carbonyl (C=O) groups is 2. The SMILES string of the molecule is CNC(=O)c1c(-c2ccc(F)cc2)oc2nc(N(CCCCC(=O)O)S(C)(=O)=O)c(I)cc12. The van der Waals surface area contributed by atoms with Gasteiger partial charge in [-0.15, -0.1) is 0 Å². The van der Waals surface area contributed by atoms with Crippen molar-refractivity contribution < 1.29 is 31.9 Å². The Morgan fingerprint density at radius 1 is 1.24 bits per heavy atom. The highest BCUT2D eigenvalue weighted by Gasteiger charge is 2.27. The quantitative estimate of drug-likeness (QED) is 0.288. The molecular weight excluding hydrogens is 568 g/mol. The molecule has 12 heteroatoms. The predicted molar refractivity (Wildman–Crippen MR) is 129 cm³/mol. The molecule has 9 nitrogen and oxygen atoms in total. The number of rotatable bonds is 9. The van der Waals surface area contributed by atoms with Gasteiger partial charge < -0.3 is 14.8 Å². The van der Waals surface area contributed by atoms with Crippen molar-refractivity contribution in [2.24, 2.45) is 0 Å². The fourth-order valence-corrected chi connectivity index (χ4v) is 5.08. The van der Waals surface area contributed by atoms with E-state index in [4.69, 9.17) is 9.52 Å². The summed E-state index contributed by atoms with van der Waals surface area (Å²) in [5.74, 6) is -1.55. The molecule has 33 heavy (non-hydrogen) atoms. The number of aromatic nitrogens is 1. The lowest BCUT2D eigenvalue weighted by atomic mass is 10.1. The first kappa shape index (κ1) is 24.9. The summed E-state index contributed by atoms with van der Waals surface area (Å²) in [7, 11) is -2.27. The molecule has 2 N–H and O–H groups in total. The van der Waals surface area contributed by atoms with Crippen molar-refractivity contribution in [3.63, 3.8) is 0 Å². The maximum absolute atomic E-state index is 13.4. The predicted octanol–water partition coefficient (Wildman–Crippen LogP) is 3.62. The third-order valence-electron chi connectivity index (χ3n) is 4.82. The minimum atomic E-state index is -3.74. The second-order valence-corrected chi connectivity index (χ2v) is 10.3. The summed E-state index contributed by atoms with van der Waals surface area (Å²) in [5, 5.41) is 11.7. The second kappa shape index (κ2) is 10.0. The van der Waals surface area contributed by atoms with Crippen LogP contribution in [0.1, 0.15) is 29.6 Å². The van der Waals surface area contributed by atoms with Gasteiger partial charge in [0.05, 0.1) is 20.8 Å². The van der Waals surface area contributed by atoms with E-state index in [1.165, 1.54) is 31.3 Å². The third-order valence-corrected chi connectivity index (χ3v) is 6.77. The number of fused-ring (bicyclic) bond motifs is 1. The highest BCUT2D eigenvalue weighted by Crippen LogP contribution is 2.36. The monoisotopic (exact) mass is 589 g/mol. The number of amides is 1. The van der Waals surface area contributed by atoms with Gasteiger partial charge in [-0.2, -0.15) is 4.98 Å². The average molecular weight is 589 g/mol. The number of nitrogens with one attached hydrogen (secondary N) is 1. The molecule has 3 aromatic rings. The topological polar surface area (TPSA) is 130 Å². The first-order valence-corrected chi connectivity index (χ1v) is 12.8. The van der Waals surface area contributed by atoms with E-state index in [0.29, 0.717) is 27.4 Å². The van der Waals surface area contributed by atoms with E-state index in [2.05, 4.69) is 10.3 Å². The molecule has 0 aliphatic rings. The zero-order valence-corrected chi connectivity index (χ0v) is 20.7. The van der Waals surface area contributed by atoms with E-state index < -0.39 is 27.7 Å². The van der Waals surface area contributed by atoms with Crippen molar-refractivity contribution in [3.05, 3.63) is 45.3 Å². The van der Waals surface area contributed by atoms with Gasteiger partial charge in [-0.05, 0) is 65.8 Å². The summed E-state index contributed by atoms with van der Waals surface area (Å²) in [4.78, 5) is 27.8. The van der Waals surface area contributed by atoms with Crippen LogP contribution in [0.5, 0.6) is 0 Å². The van der Waals surface area contributed by atoms with Gasteiger partial charge in [0, 0.05) is 25.6 Å². The Hall–Kier alpha value is -2.74. The first-order valence-electron chi connectivity index (χ1n) is 9.83. The molecule has 3 rings (SSSR count). The van der Waals surface area contributed by atoms with Crippen molar-refractivity contribution >= 4 is 61.4 Å². The van der Waals surface area contributed by atoms with Gasteiger partial charge >= 0.3 is 5.97 Å². The number of pyridine rings is 1. The minimum absolute atomic E-state index is 0.0362. The van der Waals surface area contributed by atoms with Crippen LogP contribution < -0.4 is 9.62 Å². The van der Waals surface area contributed by atoms with Crippen LogP contribution in [-0.2, 0) is 14.8 Å². The Balaban J connectivity index is 2.12. The molecule has 0 saturated carbocycles. The van der Waals surface area contributed by atoms with Crippen LogP contribution in [0.15, 0.2) is 34.7 Å². The Bertz CT molecular complexity index is 1310. The van der Waals surface area contributed by atoms with Gasteiger partial charge in [0.2, 0.25) is 15.7 Å². The van der Waals surface area contributed by atoms with Crippen molar-refractivity contribution in [2.45, 2.75) is 19.3 Å². The Morgan fingerprint density at radius 2 is 1.91 bits per heavy atom. The summed E-state index contributed by atoms with van der Waals surface area (Å²) < 4.78 is 45.7. The van der Waals surface area contributed by atoms with Crippen molar-refractivity contribution in [1.29, 1.82) is 0 Å². The van der Waals surface area contributed by atoms with Crippen LogP contribution in [0.4, 0.5) is 10.2 Å². The first-order chi connectivity index (χ1) is 15.5. The van der Waals surface area contributed by atoms with Gasteiger partial charge in [-0.1, -0.05) is 0 Å². The van der Waals surface area contributed by atoms with Crippen molar-refractivity contribution in [2.75, 3.05) is 24.2 Å². The maximum Gasteiger partial charge on any atom is 0.303 e. The molecule has 176 valence electrons. The normalized spacial score (nSPS) is 11.5. The van der Waals surface area contributed by atoms with Crippen molar-refractivity contribution in [1.82, 2.24) is 10.3 Å². The number of carboxylic acid groups (broad SMARTS) is 1. The van der Waals surface area contributed by atoms with Gasteiger partial charge in [-0.25, -0.2) is 12.8 Å². The zero-order valence-electron chi connectivity index (χ0n) is 17.8. The van der Waals surface area contributed by atoms with Gasteiger partial charge in [0.15, 0.2) is 5.82 Å². The number of carboxylic acids is 1. The standard InChI is InChI=1S/C21H21FIN3O6S/c1-24-20(29)17-14-11-15(23)19(26(33(2,30)31)10-4-3-5-16(27)28)25-21(14)32-18(17)12-6-8-13(22)9-7-12/h6-9,11H,3-5,10H2,1-2H3,(H,24,29)(H,27,28). The number of aliphatic carboxylic acids is 1. The minimum Gasteiger partial charge on any atom is -0.481 e. The molecule has 0 aliphatic heterocycles. The Morgan fingerprint density at radius 3 is 2.48 bits per heavy atom. The van der Waals surface area contributed by atoms with Gasteiger partial charge in [0.1, 0.15) is 11.6 Å². The Labute approximate surface area is 203 Å². The summed E-state index contributed by atoms with van der Waals surface area (Å²) in [6.45, 7) is 0.0362. The van der Waals surface area contributed by atoms with E-state index >= 15 is 0 Å². The number of halogens is 2. The zero-order chi connectivity index (χ0) is 24.3. The summed E-state index contributed by atoms with van der Waals surface area (Å²) >= 11 is 1.93. The summed E-state index contributed by atoms with van der Waals surface area (Å²) in [6, 6.07) is 7.02. The molecule has 1 amide bonds. The van der Waals surface area contributed by atoms with Crippen molar-refractivity contribution in [3.8, 4) is 11.3 Å². The number of benzene rings is 1. The lowest BCUT2D eigenvalue weighted by Gasteiger charge is -2.22. The number of anilines is 1. The third kappa shape index (κ3) is 5.61. The number of unbranched alkanes of at least 4 members (excludes halogenated alkanes) is 1. The molecule has 2 aromatic heterocycles. The average Bonchev–Trinajstić information content (AvgIpc) is 3.10. The van der Waals surface area contributed by atoms with Gasteiger partial charge in [-0.3, -0.25) is 13.9 Å². The second-order valence-electron chi connectivity index (χ2n) is 7.22. The van der Waals surface area contributed by atoms with Crippen LogP contribution in [0.2, 0.25) is 0 Å². The Kier molecular flexibility index (Phi) is 7.57. The molecule has 0 fully saturated rings. The molecule has 0 radical (unpaired) electrons. The molecule has 0 unspecified atom stereocenters. The van der Waals surface area contributed by atoms with E-state index in [1.54, 1.807) is 6.07 Å². The van der Waals surface area contributed by atoms with E-state index in [1.807, 2.05) is 22.6 Å². The molecular formula is C21H21FIN3O6S. The highest BCUT2D eigenvalue weighted by atomic mass is 127. The van der Waals surface area contributed by atoms with E-state index in [0.717, 1.165) is 10.6 Å². The summed E-state index contributed by atoms with van der Waals surface area (Å²) in [6.07, 6.45) is 1.58. The van der Waals surface area contributed by atoms with Crippen LogP contribution in [0.25, 0.3) is 22.4 Å². The van der Waals surface area contributed by atoms with E-state index in [9.17, 15) is 22.4 Å². The lowest BCUT2D eigenvalue weighted by molar-refractivity contribution is -0.137. The molecule has 0 bridgehead atoms. The highest BCUT2D eigenvalue weighted by molar-refractivity contribution is 14.1. The largest absolute Gasteiger partial charge is 0.481 e. The van der Waals surface area contributed by atoms with Crippen LogP contribution >= 0.6 is 22.6 Å². The van der Waals surface area contributed by atoms with Gasteiger partial charge in [0.25, 0.3) is 5.91 Å². The van der Waals surface area contributed by atoms with Crippen LogP contribution in [-0.4, -0.2) is 50.2 Å². The summed E-state index contributed by atoms with van der Waals surface area (Å²) in [5.41, 5.74) is 0.698. The number of carbonyl (C=O) groups excluding carboxylic acids is 1. The number of furan rings is 1. The molecule has 0 saturated heterocycles. The smallest absolute Gasteiger partial charge is 0.303 e. The number of hydrogen-bond acceptors (Lipinski definition) is 6. The molecule has 0 atom stereocenters.